The van der Waals surface area contributed by atoms with Gasteiger partial charge in [-0.05, 0) is 26.3 Å². The van der Waals surface area contributed by atoms with Crippen molar-refractivity contribution < 1.29 is 0 Å². The average molecular weight is 545 g/mol. The molecule has 2 aromatic rings. The van der Waals surface area contributed by atoms with Crippen molar-refractivity contribution in [1.82, 2.24) is 30.5 Å². The molecule has 3 heterocycles. The maximum absolute atomic E-state index is 4.72. The van der Waals surface area contributed by atoms with E-state index in [1.165, 1.54) is 0 Å². The summed E-state index contributed by atoms with van der Waals surface area (Å²) in [6.45, 7) is 11.8. The Morgan fingerprint density at radius 3 is 2.60 bits per heavy atom. The number of halogens is 1. The van der Waals surface area contributed by atoms with Crippen LogP contribution in [0.15, 0.2) is 28.8 Å². The molecule has 1 saturated heterocycles. The van der Waals surface area contributed by atoms with Crippen LogP contribution in [0.3, 0.4) is 0 Å². The summed E-state index contributed by atoms with van der Waals surface area (Å²) in [7, 11) is 0. The topological polar surface area (TPSA) is 81.6 Å². The van der Waals surface area contributed by atoms with E-state index in [0.29, 0.717) is 0 Å². The molecule has 2 N–H and O–H groups in total. The summed E-state index contributed by atoms with van der Waals surface area (Å²) in [6.07, 6.45) is 5.59. The summed E-state index contributed by atoms with van der Waals surface area (Å²) in [5, 5.41) is 9.99. The van der Waals surface area contributed by atoms with Crippen molar-refractivity contribution in [2.75, 3.05) is 57.3 Å². The summed E-state index contributed by atoms with van der Waals surface area (Å²) < 4.78 is 0. The van der Waals surface area contributed by atoms with E-state index >= 15 is 0 Å². The molecule has 0 amide bonds. The molecular formula is C20H33IN8S. The predicted octanol–water partition coefficient (Wildman–Crippen LogP) is 2.17. The standard InChI is InChI=1S/C20H32N8S.HI/c1-3-21-19(23-10-6-18-16-29-17(2)26-18)22-9-5-11-27-12-14-28(15-13-27)20-24-7-4-8-25-20;/h4,7-8,16H,3,5-6,9-15H2,1-2H3,(H2,21,22,23);1H. The highest BCUT2D eigenvalue weighted by atomic mass is 127. The summed E-state index contributed by atoms with van der Waals surface area (Å²) in [6, 6.07) is 1.86. The third-order valence-electron chi connectivity index (χ3n) is 4.79. The van der Waals surface area contributed by atoms with E-state index in [1.54, 1.807) is 23.7 Å². The molecule has 30 heavy (non-hydrogen) atoms. The average Bonchev–Trinajstić information content (AvgIpc) is 3.17. The Bertz CT molecular complexity index is 746. The number of nitrogens with zero attached hydrogens (tertiary/aromatic N) is 6. The molecule has 0 aromatic carbocycles. The first-order chi connectivity index (χ1) is 14.2. The van der Waals surface area contributed by atoms with Crippen LogP contribution < -0.4 is 15.5 Å². The molecule has 166 valence electrons. The highest BCUT2D eigenvalue weighted by Gasteiger charge is 2.18. The number of hydrogen-bond donors (Lipinski definition) is 2. The number of rotatable bonds is 9. The molecule has 8 nitrogen and oxygen atoms in total. The van der Waals surface area contributed by atoms with Crippen LogP contribution in [0.25, 0.3) is 0 Å². The van der Waals surface area contributed by atoms with Gasteiger partial charge in [-0.2, -0.15) is 0 Å². The van der Waals surface area contributed by atoms with Gasteiger partial charge in [-0.25, -0.2) is 15.0 Å². The first-order valence-electron chi connectivity index (χ1n) is 10.4. The number of guanidine groups is 1. The number of thiazole rings is 1. The minimum absolute atomic E-state index is 0. The second-order valence-corrected chi connectivity index (χ2v) is 8.09. The molecule has 0 spiro atoms. The zero-order valence-electron chi connectivity index (χ0n) is 17.9. The second kappa shape index (κ2) is 13.7. The Hall–Kier alpha value is -1.53. The largest absolute Gasteiger partial charge is 0.357 e. The fraction of sp³-hybridized carbons (Fsp3) is 0.600. The van der Waals surface area contributed by atoms with Crippen molar-refractivity contribution in [2.24, 2.45) is 4.99 Å². The van der Waals surface area contributed by atoms with Crippen LogP contribution in [-0.4, -0.2) is 78.2 Å². The number of aromatic nitrogens is 3. The van der Waals surface area contributed by atoms with Gasteiger partial charge in [-0.3, -0.25) is 9.89 Å². The maximum Gasteiger partial charge on any atom is 0.225 e. The SMILES string of the molecule is CCNC(=NCCCN1CCN(c2ncccn2)CC1)NCCc1csc(C)n1.I. The summed E-state index contributed by atoms with van der Waals surface area (Å²) in [4.78, 5) is 22.7. The maximum atomic E-state index is 4.72. The van der Waals surface area contributed by atoms with Crippen molar-refractivity contribution in [3.05, 3.63) is 34.5 Å². The quantitative estimate of drug-likeness (QED) is 0.217. The zero-order valence-corrected chi connectivity index (χ0v) is 21.0. The normalized spacial score (nSPS) is 15.0. The van der Waals surface area contributed by atoms with E-state index < -0.39 is 0 Å². The summed E-state index contributed by atoms with van der Waals surface area (Å²) >= 11 is 1.70. The molecule has 0 aliphatic carbocycles. The van der Waals surface area contributed by atoms with E-state index in [0.717, 1.165) is 87.8 Å². The lowest BCUT2D eigenvalue weighted by Gasteiger charge is -2.34. The lowest BCUT2D eigenvalue weighted by molar-refractivity contribution is 0.255. The van der Waals surface area contributed by atoms with E-state index in [-0.39, 0.29) is 24.0 Å². The van der Waals surface area contributed by atoms with Crippen LogP contribution in [0.2, 0.25) is 0 Å². The summed E-state index contributed by atoms with van der Waals surface area (Å²) in [5.74, 6) is 1.73. The highest BCUT2D eigenvalue weighted by Crippen LogP contribution is 2.10. The third-order valence-corrected chi connectivity index (χ3v) is 5.62. The van der Waals surface area contributed by atoms with Crippen LogP contribution in [-0.2, 0) is 6.42 Å². The third kappa shape index (κ3) is 8.31. The fourth-order valence-electron chi connectivity index (χ4n) is 3.28. The highest BCUT2D eigenvalue weighted by molar-refractivity contribution is 14.0. The molecule has 10 heteroatoms. The van der Waals surface area contributed by atoms with E-state index in [9.17, 15) is 0 Å². The van der Waals surface area contributed by atoms with Gasteiger partial charge in [0.15, 0.2) is 5.96 Å². The monoisotopic (exact) mass is 544 g/mol. The van der Waals surface area contributed by atoms with Gasteiger partial charge < -0.3 is 15.5 Å². The van der Waals surface area contributed by atoms with E-state index in [1.807, 2.05) is 13.0 Å². The van der Waals surface area contributed by atoms with Crippen molar-refractivity contribution in [1.29, 1.82) is 0 Å². The van der Waals surface area contributed by atoms with E-state index in [2.05, 4.69) is 47.7 Å². The van der Waals surface area contributed by atoms with Crippen molar-refractivity contribution in [3.63, 3.8) is 0 Å². The molecule has 0 unspecified atom stereocenters. The molecule has 0 radical (unpaired) electrons. The predicted molar refractivity (Wildman–Crippen MR) is 135 cm³/mol. The molecule has 0 atom stereocenters. The Morgan fingerprint density at radius 2 is 1.93 bits per heavy atom. The Balaban J connectivity index is 0.00000320. The fourth-order valence-corrected chi connectivity index (χ4v) is 3.93. The molecule has 0 bridgehead atoms. The number of hydrogen-bond acceptors (Lipinski definition) is 7. The Labute approximate surface area is 200 Å². The molecule has 1 aliphatic heterocycles. The lowest BCUT2D eigenvalue weighted by Crippen LogP contribution is -2.47. The Kier molecular flexibility index (Phi) is 11.3. The number of piperazine rings is 1. The van der Waals surface area contributed by atoms with Gasteiger partial charge in [0.05, 0.1) is 10.7 Å². The van der Waals surface area contributed by atoms with Crippen LogP contribution in [0, 0.1) is 6.92 Å². The van der Waals surface area contributed by atoms with Gasteiger partial charge >= 0.3 is 0 Å². The lowest BCUT2D eigenvalue weighted by atomic mass is 10.3. The number of aliphatic imine (C=N–C) groups is 1. The van der Waals surface area contributed by atoms with Crippen molar-refractivity contribution >= 4 is 47.2 Å². The van der Waals surface area contributed by atoms with Crippen LogP contribution in [0.1, 0.15) is 24.0 Å². The van der Waals surface area contributed by atoms with Crippen LogP contribution in [0.4, 0.5) is 5.95 Å². The first kappa shape index (κ1) is 24.7. The Morgan fingerprint density at radius 1 is 1.17 bits per heavy atom. The molecule has 2 aromatic heterocycles. The molecule has 1 aliphatic rings. The van der Waals surface area contributed by atoms with E-state index in [4.69, 9.17) is 4.99 Å². The number of nitrogens with one attached hydrogen (secondary N) is 2. The number of anilines is 1. The van der Waals surface area contributed by atoms with Gasteiger partial charge in [0.25, 0.3) is 0 Å². The van der Waals surface area contributed by atoms with Gasteiger partial charge in [-0.1, -0.05) is 0 Å². The molecule has 1 fully saturated rings. The van der Waals surface area contributed by atoms with Gasteiger partial charge in [0.1, 0.15) is 0 Å². The second-order valence-electron chi connectivity index (χ2n) is 7.03. The van der Waals surface area contributed by atoms with Crippen molar-refractivity contribution in [3.8, 4) is 0 Å². The van der Waals surface area contributed by atoms with Crippen molar-refractivity contribution in [2.45, 2.75) is 26.7 Å². The first-order valence-corrected chi connectivity index (χ1v) is 11.3. The smallest absolute Gasteiger partial charge is 0.225 e. The summed E-state index contributed by atoms with van der Waals surface area (Å²) in [5.41, 5.74) is 1.15. The minimum Gasteiger partial charge on any atom is -0.357 e. The van der Waals surface area contributed by atoms with Crippen LogP contribution >= 0.6 is 35.3 Å². The minimum atomic E-state index is 0. The van der Waals surface area contributed by atoms with Crippen LogP contribution in [0.5, 0.6) is 0 Å². The van der Waals surface area contributed by atoms with Gasteiger partial charge in [-0.15, -0.1) is 35.3 Å². The molecule has 3 rings (SSSR count). The van der Waals surface area contributed by atoms with Gasteiger partial charge in [0, 0.05) is 76.6 Å². The zero-order chi connectivity index (χ0) is 20.3. The molecular weight excluding hydrogens is 511 g/mol. The van der Waals surface area contributed by atoms with Gasteiger partial charge in [0.2, 0.25) is 5.95 Å². The number of aryl methyl sites for hydroxylation is 1. The molecule has 0 saturated carbocycles.